The van der Waals surface area contributed by atoms with Gasteiger partial charge in [0.05, 0.1) is 13.2 Å². The van der Waals surface area contributed by atoms with Gasteiger partial charge in [-0.25, -0.2) is 0 Å². The number of carbonyl (C=O) groups excluding carboxylic acids is 1. The molecule has 0 radical (unpaired) electrons. The summed E-state index contributed by atoms with van der Waals surface area (Å²) in [5.74, 6) is -0.203. The van der Waals surface area contributed by atoms with E-state index in [0.29, 0.717) is 19.6 Å². The molecule has 4 nitrogen and oxygen atoms in total. The van der Waals surface area contributed by atoms with Crippen LogP contribution in [0.25, 0.3) is 0 Å². The fourth-order valence-corrected chi connectivity index (χ4v) is 6.08. The summed E-state index contributed by atoms with van der Waals surface area (Å²) in [5, 5.41) is 9.58. The van der Waals surface area contributed by atoms with Gasteiger partial charge in [0.2, 0.25) is 0 Å². The average molecular weight is 663 g/mol. The van der Waals surface area contributed by atoms with E-state index in [-0.39, 0.29) is 12.6 Å². The second kappa shape index (κ2) is 41.0. The minimum Gasteiger partial charge on any atom is -0.457 e. The van der Waals surface area contributed by atoms with Crippen molar-refractivity contribution >= 4 is 5.97 Å². The Morgan fingerprint density at radius 2 is 0.830 bits per heavy atom. The van der Waals surface area contributed by atoms with E-state index in [2.05, 4.69) is 38.2 Å². The summed E-state index contributed by atoms with van der Waals surface area (Å²) in [4.78, 5) is 12.2. The summed E-state index contributed by atoms with van der Waals surface area (Å²) in [7, 11) is 0. The maximum atomic E-state index is 12.2. The van der Waals surface area contributed by atoms with Crippen molar-refractivity contribution in [2.45, 2.75) is 225 Å². The highest BCUT2D eigenvalue weighted by Gasteiger charge is 2.13. The van der Waals surface area contributed by atoms with Crippen molar-refractivity contribution in [3.63, 3.8) is 0 Å². The number of aliphatic hydroxyl groups is 1. The van der Waals surface area contributed by atoms with Gasteiger partial charge in [0.1, 0.15) is 6.10 Å². The number of allylic oxidation sites excluding steroid dienone is 4. The van der Waals surface area contributed by atoms with E-state index in [9.17, 15) is 9.90 Å². The normalized spacial score (nSPS) is 12.5. The summed E-state index contributed by atoms with van der Waals surface area (Å²) in [6.45, 7) is 5.34. The van der Waals surface area contributed by atoms with E-state index in [1.165, 1.54) is 180 Å². The summed E-state index contributed by atoms with van der Waals surface area (Å²) >= 11 is 0. The van der Waals surface area contributed by atoms with Crippen LogP contribution in [-0.2, 0) is 14.3 Å². The molecule has 0 rings (SSSR count). The average Bonchev–Trinajstić information content (AvgIpc) is 3.08. The Morgan fingerprint density at radius 1 is 0.489 bits per heavy atom. The molecule has 0 aliphatic heterocycles. The number of esters is 1. The third-order valence-corrected chi connectivity index (χ3v) is 9.25. The molecule has 0 aliphatic rings. The monoisotopic (exact) mass is 663 g/mol. The molecule has 0 bridgehead atoms. The predicted molar refractivity (Wildman–Crippen MR) is 205 cm³/mol. The first kappa shape index (κ1) is 45.9. The van der Waals surface area contributed by atoms with Crippen LogP contribution in [0.4, 0.5) is 0 Å². The van der Waals surface area contributed by atoms with E-state index in [0.717, 1.165) is 19.3 Å². The number of carbonyl (C=O) groups is 1. The van der Waals surface area contributed by atoms with Gasteiger partial charge in [0, 0.05) is 13.0 Å². The molecule has 4 heteroatoms. The Morgan fingerprint density at radius 3 is 1.23 bits per heavy atom. The van der Waals surface area contributed by atoms with Crippen LogP contribution >= 0.6 is 0 Å². The van der Waals surface area contributed by atoms with Crippen LogP contribution in [-0.4, -0.2) is 37.0 Å². The number of hydrogen-bond acceptors (Lipinski definition) is 4. The van der Waals surface area contributed by atoms with Crippen molar-refractivity contribution in [3.05, 3.63) is 24.3 Å². The molecule has 1 unspecified atom stereocenters. The smallest absolute Gasteiger partial charge is 0.306 e. The zero-order valence-electron chi connectivity index (χ0n) is 31.8. The van der Waals surface area contributed by atoms with Crippen molar-refractivity contribution < 1.29 is 19.4 Å². The largest absolute Gasteiger partial charge is 0.457 e. The fraction of sp³-hybridized carbons (Fsp3) is 0.884. The molecule has 0 fully saturated rings. The van der Waals surface area contributed by atoms with Crippen molar-refractivity contribution in [1.82, 2.24) is 0 Å². The van der Waals surface area contributed by atoms with Crippen molar-refractivity contribution in [2.75, 3.05) is 19.8 Å². The van der Waals surface area contributed by atoms with E-state index >= 15 is 0 Å². The lowest BCUT2D eigenvalue weighted by Gasteiger charge is -2.15. The van der Waals surface area contributed by atoms with Gasteiger partial charge >= 0.3 is 5.97 Å². The van der Waals surface area contributed by atoms with Crippen LogP contribution in [0, 0.1) is 0 Å². The predicted octanol–water partition coefficient (Wildman–Crippen LogP) is 13.5. The quantitative estimate of drug-likeness (QED) is 0.0404. The van der Waals surface area contributed by atoms with Gasteiger partial charge in [0.15, 0.2) is 0 Å². The maximum absolute atomic E-state index is 12.2. The van der Waals surface area contributed by atoms with Gasteiger partial charge in [-0.1, -0.05) is 173 Å². The number of hydrogen-bond donors (Lipinski definition) is 1. The molecule has 0 aromatic rings. The molecule has 0 aliphatic carbocycles. The summed E-state index contributed by atoms with van der Waals surface area (Å²) < 4.78 is 11.1. The topological polar surface area (TPSA) is 55.8 Å². The third-order valence-electron chi connectivity index (χ3n) is 9.25. The highest BCUT2D eigenvalue weighted by atomic mass is 16.6. The molecule has 0 aromatic heterocycles. The van der Waals surface area contributed by atoms with Crippen LogP contribution in [0.15, 0.2) is 24.3 Å². The van der Waals surface area contributed by atoms with Gasteiger partial charge in [-0.15, -0.1) is 0 Å². The number of aliphatic hydroxyl groups excluding tert-OH is 1. The Hall–Kier alpha value is -1.13. The fourth-order valence-electron chi connectivity index (χ4n) is 6.08. The van der Waals surface area contributed by atoms with E-state index in [1.807, 2.05) is 0 Å². The lowest BCUT2D eigenvalue weighted by Crippen LogP contribution is -2.27. The van der Waals surface area contributed by atoms with E-state index < -0.39 is 6.10 Å². The number of unbranched alkanes of at least 4 members (excludes halogenated alkanes) is 27. The van der Waals surface area contributed by atoms with Gasteiger partial charge in [-0.3, -0.25) is 4.79 Å². The zero-order chi connectivity index (χ0) is 34.1. The molecule has 0 aromatic carbocycles. The first-order valence-corrected chi connectivity index (χ1v) is 20.9. The Kier molecular flexibility index (Phi) is 40.1. The Labute approximate surface area is 294 Å². The molecule has 47 heavy (non-hydrogen) atoms. The number of rotatable bonds is 39. The van der Waals surface area contributed by atoms with Crippen molar-refractivity contribution in [3.8, 4) is 0 Å². The standard InChI is InChI=1S/C43H82O4/c1-3-5-7-9-11-13-15-17-19-20-21-22-23-24-25-26-28-30-32-34-36-38-43(45)47-42(40-44)41-46-39-37-35-33-31-29-27-18-16-14-12-10-8-6-4-2/h14,16,20-21,42,44H,3-13,15,17-19,22-41H2,1-2H3/b16-14-,21-20-. The molecule has 0 amide bonds. The summed E-state index contributed by atoms with van der Waals surface area (Å²) in [5.41, 5.74) is 0. The lowest BCUT2D eigenvalue weighted by molar-refractivity contribution is -0.154. The van der Waals surface area contributed by atoms with Gasteiger partial charge < -0.3 is 14.6 Å². The Bertz CT molecular complexity index is 658. The van der Waals surface area contributed by atoms with E-state index in [4.69, 9.17) is 9.47 Å². The summed E-state index contributed by atoms with van der Waals surface area (Å²) in [6, 6.07) is 0. The van der Waals surface area contributed by atoms with Gasteiger partial charge in [-0.05, 0) is 64.2 Å². The van der Waals surface area contributed by atoms with Crippen LogP contribution in [0.3, 0.4) is 0 Å². The molecule has 1 N–H and O–H groups in total. The van der Waals surface area contributed by atoms with Crippen LogP contribution in [0.2, 0.25) is 0 Å². The summed E-state index contributed by atoms with van der Waals surface area (Å²) in [6.07, 6.45) is 49.5. The molecule has 0 saturated heterocycles. The molecular formula is C43H82O4. The van der Waals surface area contributed by atoms with Crippen LogP contribution in [0.5, 0.6) is 0 Å². The first-order chi connectivity index (χ1) is 23.2. The molecule has 0 saturated carbocycles. The van der Waals surface area contributed by atoms with Crippen molar-refractivity contribution in [2.24, 2.45) is 0 Å². The second-order valence-corrected chi connectivity index (χ2v) is 14.1. The molecule has 1 atom stereocenters. The highest BCUT2D eigenvalue weighted by Crippen LogP contribution is 2.14. The van der Waals surface area contributed by atoms with Crippen molar-refractivity contribution in [1.29, 1.82) is 0 Å². The van der Waals surface area contributed by atoms with Gasteiger partial charge in [0.25, 0.3) is 0 Å². The second-order valence-electron chi connectivity index (χ2n) is 14.1. The zero-order valence-corrected chi connectivity index (χ0v) is 31.8. The SMILES string of the molecule is CCCCCC/C=C\CCCCCCCCOCC(CO)OC(=O)CCCCCCCCCCC/C=C\CCCCCCCCCC. The van der Waals surface area contributed by atoms with Crippen LogP contribution < -0.4 is 0 Å². The van der Waals surface area contributed by atoms with Gasteiger partial charge in [-0.2, -0.15) is 0 Å². The third kappa shape index (κ3) is 39.2. The van der Waals surface area contributed by atoms with E-state index in [1.54, 1.807) is 0 Å². The minimum absolute atomic E-state index is 0.172. The molecular weight excluding hydrogens is 580 g/mol. The molecule has 0 heterocycles. The molecule has 0 spiro atoms. The van der Waals surface area contributed by atoms with Crippen LogP contribution in [0.1, 0.15) is 219 Å². The number of ether oxygens (including phenoxy) is 2. The maximum Gasteiger partial charge on any atom is 0.306 e. The highest BCUT2D eigenvalue weighted by molar-refractivity contribution is 5.69. The lowest BCUT2D eigenvalue weighted by atomic mass is 10.1. The molecule has 278 valence electrons. The Balaban J connectivity index is 3.41. The first-order valence-electron chi connectivity index (χ1n) is 20.9. The minimum atomic E-state index is -0.535.